The molecule has 0 unspecified atom stereocenters. The molecule has 0 bridgehead atoms. The summed E-state index contributed by atoms with van der Waals surface area (Å²) in [6.07, 6.45) is 3.60. The second-order valence-corrected chi connectivity index (χ2v) is 3.63. The number of aryl methyl sites for hydroxylation is 2. The van der Waals surface area contributed by atoms with Gasteiger partial charge in [0.05, 0.1) is 11.9 Å². The molecular formula is C13H14N2. The molecule has 0 radical (unpaired) electrons. The topological polar surface area (TPSA) is 24.9 Å². The first-order valence-electron chi connectivity index (χ1n) is 5.00. The average Bonchev–Trinajstić information content (AvgIpc) is 2.25. The van der Waals surface area contributed by atoms with E-state index in [9.17, 15) is 0 Å². The quantitative estimate of drug-likeness (QED) is 0.799. The number of aromatic nitrogens is 1. The molecule has 15 heavy (non-hydrogen) atoms. The second kappa shape index (κ2) is 4.13. The number of para-hydroxylation sites is 1. The smallest absolute Gasteiger partial charge is 0.0570 e. The molecule has 1 aromatic carbocycles. The zero-order valence-corrected chi connectivity index (χ0v) is 8.99. The highest BCUT2D eigenvalue weighted by molar-refractivity contribution is 5.65. The largest absolute Gasteiger partial charge is 0.354 e. The number of pyridine rings is 1. The summed E-state index contributed by atoms with van der Waals surface area (Å²) in [5.74, 6) is 0. The molecule has 0 fully saturated rings. The van der Waals surface area contributed by atoms with Gasteiger partial charge in [-0.15, -0.1) is 0 Å². The van der Waals surface area contributed by atoms with E-state index in [4.69, 9.17) is 0 Å². The standard InChI is InChI=1S/C13H14N2/c1-10-5-3-6-11(2)13(10)15-12-7-4-8-14-9-12/h3-9,15H,1-2H3. The minimum atomic E-state index is 1.02. The monoisotopic (exact) mass is 198 g/mol. The van der Waals surface area contributed by atoms with Crippen LogP contribution in [0.25, 0.3) is 0 Å². The SMILES string of the molecule is Cc1cccc(C)c1Nc1cccnc1. The number of benzene rings is 1. The second-order valence-electron chi connectivity index (χ2n) is 3.63. The van der Waals surface area contributed by atoms with Crippen LogP contribution < -0.4 is 5.32 Å². The fraction of sp³-hybridized carbons (Fsp3) is 0.154. The Balaban J connectivity index is 2.32. The van der Waals surface area contributed by atoms with Crippen molar-refractivity contribution in [3.05, 3.63) is 53.9 Å². The first-order valence-corrected chi connectivity index (χ1v) is 5.00. The van der Waals surface area contributed by atoms with Crippen LogP contribution in [-0.2, 0) is 0 Å². The molecule has 2 aromatic rings. The summed E-state index contributed by atoms with van der Waals surface area (Å²) in [5, 5.41) is 3.38. The van der Waals surface area contributed by atoms with Crippen LogP contribution in [-0.4, -0.2) is 4.98 Å². The Morgan fingerprint density at radius 1 is 1.00 bits per heavy atom. The third-order valence-electron chi connectivity index (χ3n) is 2.41. The van der Waals surface area contributed by atoms with Crippen molar-refractivity contribution < 1.29 is 0 Å². The molecule has 0 saturated heterocycles. The van der Waals surface area contributed by atoms with Crippen molar-refractivity contribution in [2.24, 2.45) is 0 Å². The van der Waals surface area contributed by atoms with Gasteiger partial charge >= 0.3 is 0 Å². The maximum absolute atomic E-state index is 4.08. The van der Waals surface area contributed by atoms with Gasteiger partial charge in [0, 0.05) is 11.9 Å². The Hall–Kier alpha value is -1.83. The normalized spacial score (nSPS) is 10.0. The van der Waals surface area contributed by atoms with Crippen LogP contribution in [0.15, 0.2) is 42.7 Å². The van der Waals surface area contributed by atoms with Crippen molar-refractivity contribution in [1.29, 1.82) is 0 Å². The number of rotatable bonds is 2. The third-order valence-corrected chi connectivity index (χ3v) is 2.41. The molecule has 0 amide bonds. The van der Waals surface area contributed by atoms with Crippen molar-refractivity contribution in [3.63, 3.8) is 0 Å². The van der Waals surface area contributed by atoms with Crippen molar-refractivity contribution in [1.82, 2.24) is 4.98 Å². The van der Waals surface area contributed by atoms with E-state index in [1.165, 1.54) is 16.8 Å². The zero-order chi connectivity index (χ0) is 10.7. The van der Waals surface area contributed by atoms with Gasteiger partial charge in [-0.1, -0.05) is 18.2 Å². The van der Waals surface area contributed by atoms with Crippen LogP contribution >= 0.6 is 0 Å². The summed E-state index contributed by atoms with van der Waals surface area (Å²) in [7, 11) is 0. The number of anilines is 2. The fourth-order valence-electron chi connectivity index (χ4n) is 1.59. The highest BCUT2D eigenvalue weighted by atomic mass is 14.9. The molecule has 1 aromatic heterocycles. The van der Waals surface area contributed by atoms with Crippen LogP contribution in [0, 0.1) is 13.8 Å². The molecule has 1 N–H and O–H groups in total. The summed E-state index contributed by atoms with van der Waals surface area (Å²) < 4.78 is 0. The summed E-state index contributed by atoms with van der Waals surface area (Å²) in [6, 6.07) is 10.2. The summed E-state index contributed by atoms with van der Waals surface area (Å²) in [5.41, 5.74) is 4.69. The van der Waals surface area contributed by atoms with Gasteiger partial charge < -0.3 is 5.32 Å². The van der Waals surface area contributed by atoms with Gasteiger partial charge in [0.15, 0.2) is 0 Å². The van der Waals surface area contributed by atoms with E-state index in [0.29, 0.717) is 0 Å². The van der Waals surface area contributed by atoms with E-state index in [-0.39, 0.29) is 0 Å². The van der Waals surface area contributed by atoms with Crippen LogP contribution in [0.1, 0.15) is 11.1 Å². The molecule has 0 atom stereocenters. The Morgan fingerprint density at radius 2 is 1.73 bits per heavy atom. The van der Waals surface area contributed by atoms with Crippen molar-refractivity contribution in [2.45, 2.75) is 13.8 Å². The maximum atomic E-state index is 4.08. The summed E-state index contributed by atoms with van der Waals surface area (Å²) in [6.45, 7) is 4.21. The van der Waals surface area contributed by atoms with E-state index >= 15 is 0 Å². The lowest BCUT2D eigenvalue weighted by Crippen LogP contribution is -1.95. The van der Waals surface area contributed by atoms with Gasteiger partial charge in [0.2, 0.25) is 0 Å². The molecular weight excluding hydrogens is 184 g/mol. The Kier molecular flexibility index (Phi) is 2.68. The zero-order valence-electron chi connectivity index (χ0n) is 8.99. The molecule has 76 valence electrons. The lowest BCUT2D eigenvalue weighted by molar-refractivity contribution is 1.30. The van der Waals surface area contributed by atoms with Crippen LogP contribution in [0.4, 0.5) is 11.4 Å². The van der Waals surface area contributed by atoms with Gasteiger partial charge in [0.25, 0.3) is 0 Å². The lowest BCUT2D eigenvalue weighted by atomic mass is 10.1. The lowest BCUT2D eigenvalue weighted by Gasteiger charge is -2.11. The maximum Gasteiger partial charge on any atom is 0.0570 e. The minimum absolute atomic E-state index is 1.02. The van der Waals surface area contributed by atoms with E-state index in [1.807, 2.05) is 18.3 Å². The van der Waals surface area contributed by atoms with Gasteiger partial charge in [-0.25, -0.2) is 0 Å². The van der Waals surface area contributed by atoms with Crippen LogP contribution in [0.3, 0.4) is 0 Å². The molecule has 2 rings (SSSR count). The molecule has 0 aliphatic rings. The van der Waals surface area contributed by atoms with E-state index in [0.717, 1.165) is 5.69 Å². The highest BCUT2D eigenvalue weighted by Crippen LogP contribution is 2.23. The average molecular weight is 198 g/mol. The van der Waals surface area contributed by atoms with Crippen molar-refractivity contribution in [2.75, 3.05) is 5.32 Å². The predicted octanol–water partition coefficient (Wildman–Crippen LogP) is 3.44. The summed E-state index contributed by atoms with van der Waals surface area (Å²) in [4.78, 5) is 4.08. The highest BCUT2D eigenvalue weighted by Gasteiger charge is 2.01. The van der Waals surface area contributed by atoms with Gasteiger partial charge in [-0.2, -0.15) is 0 Å². The van der Waals surface area contributed by atoms with E-state index in [1.54, 1.807) is 6.20 Å². The molecule has 0 aliphatic carbocycles. The number of nitrogens with zero attached hydrogens (tertiary/aromatic N) is 1. The molecule has 0 aliphatic heterocycles. The van der Waals surface area contributed by atoms with Gasteiger partial charge in [-0.05, 0) is 37.1 Å². The molecule has 0 spiro atoms. The fourth-order valence-corrected chi connectivity index (χ4v) is 1.59. The minimum Gasteiger partial charge on any atom is -0.354 e. The number of hydrogen-bond acceptors (Lipinski definition) is 2. The molecule has 1 heterocycles. The Labute approximate surface area is 90.0 Å². The predicted molar refractivity (Wildman–Crippen MR) is 63.4 cm³/mol. The molecule has 0 saturated carbocycles. The number of hydrogen-bond donors (Lipinski definition) is 1. The Morgan fingerprint density at radius 3 is 2.33 bits per heavy atom. The van der Waals surface area contributed by atoms with Crippen molar-refractivity contribution >= 4 is 11.4 Å². The molecule has 2 nitrogen and oxygen atoms in total. The number of nitrogens with one attached hydrogen (secondary N) is 1. The first-order chi connectivity index (χ1) is 7.27. The Bertz CT molecular complexity index is 429. The van der Waals surface area contributed by atoms with Gasteiger partial charge in [0.1, 0.15) is 0 Å². The first kappa shape index (κ1) is 9.71. The summed E-state index contributed by atoms with van der Waals surface area (Å²) >= 11 is 0. The van der Waals surface area contributed by atoms with E-state index < -0.39 is 0 Å². The van der Waals surface area contributed by atoms with Crippen LogP contribution in [0.5, 0.6) is 0 Å². The van der Waals surface area contributed by atoms with E-state index in [2.05, 4.69) is 42.3 Å². The molecule has 2 heteroatoms. The van der Waals surface area contributed by atoms with Crippen molar-refractivity contribution in [3.8, 4) is 0 Å². The van der Waals surface area contributed by atoms with Crippen LogP contribution in [0.2, 0.25) is 0 Å². The van der Waals surface area contributed by atoms with Gasteiger partial charge in [-0.3, -0.25) is 4.98 Å². The third kappa shape index (κ3) is 2.15.